The van der Waals surface area contributed by atoms with Gasteiger partial charge in [0.25, 0.3) is 0 Å². The van der Waals surface area contributed by atoms with Gasteiger partial charge in [-0.2, -0.15) is 0 Å². The first-order valence-electron chi connectivity index (χ1n) is 19.8. The van der Waals surface area contributed by atoms with Gasteiger partial charge in [0.2, 0.25) is 0 Å². The van der Waals surface area contributed by atoms with E-state index in [2.05, 4.69) is 108 Å². The van der Waals surface area contributed by atoms with E-state index in [4.69, 9.17) is 4.74 Å². The van der Waals surface area contributed by atoms with Crippen LogP contribution in [0.4, 0.5) is 11.4 Å². The molecule has 1 aliphatic heterocycles. The molecule has 1 heterocycles. The molecule has 8 aliphatic carbocycles. The highest BCUT2D eigenvalue weighted by atomic mass is 16.5. The summed E-state index contributed by atoms with van der Waals surface area (Å²) < 4.78 is 6.74. The Morgan fingerprint density at radius 3 is 2.69 bits per heavy atom. The van der Waals surface area contributed by atoms with E-state index < -0.39 is 0 Å². The number of benzene rings is 2. The van der Waals surface area contributed by atoms with E-state index >= 15 is 0 Å². The maximum absolute atomic E-state index is 6.74. The average molecular weight is 644 g/mol. The zero-order valence-electron chi connectivity index (χ0n) is 28.8. The van der Waals surface area contributed by atoms with E-state index in [9.17, 15) is 0 Å². The van der Waals surface area contributed by atoms with E-state index in [0.29, 0.717) is 47.5 Å². The predicted molar refractivity (Wildman–Crippen MR) is 200 cm³/mol. The van der Waals surface area contributed by atoms with Crippen LogP contribution in [0.1, 0.15) is 106 Å². The van der Waals surface area contributed by atoms with Crippen molar-refractivity contribution in [3.05, 3.63) is 137 Å². The Morgan fingerprint density at radius 2 is 1.71 bits per heavy atom. The third kappa shape index (κ3) is 4.07. The van der Waals surface area contributed by atoms with Gasteiger partial charge in [-0.25, -0.2) is 0 Å². The predicted octanol–water partition coefficient (Wildman–Crippen LogP) is 11.8. The Morgan fingerprint density at radius 1 is 0.816 bits per heavy atom. The lowest BCUT2D eigenvalue weighted by Gasteiger charge is -2.46. The largest absolute Gasteiger partial charge is 0.489 e. The summed E-state index contributed by atoms with van der Waals surface area (Å²) in [6.45, 7) is 0. The van der Waals surface area contributed by atoms with Crippen molar-refractivity contribution in [2.24, 2.45) is 29.6 Å². The summed E-state index contributed by atoms with van der Waals surface area (Å²) in [5, 5.41) is 0. The van der Waals surface area contributed by atoms with Crippen LogP contribution >= 0.6 is 0 Å². The molecule has 3 fully saturated rings. The van der Waals surface area contributed by atoms with Gasteiger partial charge in [0.05, 0.1) is 5.69 Å². The number of nitrogens with zero attached hydrogens (tertiary/aromatic N) is 1. The fourth-order valence-electron chi connectivity index (χ4n) is 12.9. The van der Waals surface area contributed by atoms with E-state index in [1.807, 2.05) is 0 Å². The van der Waals surface area contributed by atoms with Gasteiger partial charge >= 0.3 is 0 Å². The van der Waals surface area contributed by atoms with Crippen molar-refractivity contribution in [1.82, 2.24) is 0 Å². The van der Waals surface area contributed by atoms with Gasteiger partial charge in [-0.1, -0.05) is 97.7 Å². The second-order valence-electron chi connectivity index (χ2n) is 16.7. The molecule has 0 radical (unpaired) electrons. The highest BCUT2D eigenvalue weighted by molar-refractivity contribution is 5.78. The fraction of sp³-hybridized carbons (Fsp3) is 0.447. The molecule has 2 nitrogen and oxygen atoms in total. The molecule has 0 amide bonds. The number of fused-ring (bicyclic) bond motifs is 14. The van der Waals surface area contributed by atoms with Gasteiger partial charge < -0.3 is 9.64 Å². The lowest BCUT2D eigenvalue weighted by Crippen LogP contribution is -2.43. The Labute approximate surface area is 292 Å². The molecule has 3 saturated carbocycles. The van der Waals surface area contributed by atoms with Crippen LogP contribution in [0.5, 0.6) is 5.75 Å². The third-order valence-corrected chi connectivity index (χ3v) is 14.7. The quantitative estimate of drug-likeness (QED) is 0.330. The van der Waals surface area contributed by atoms with Crippen LogP contribution in [0.2, 0.25) is 0 Å². The van der Waals surface area contributed by atoms with Gasteiger partial charge in [-0.15, -0.1) is 0 Å². The summed E-state index contributed by atoms with van der Waals surface area (Å²) in [7, 11) is 0. The summed E-state index contributed by atoms with van der Waals surface area (Å²) in [4.78, 5) is 2.68. The smallest absolute Gasteiger partial charge is 0.125 e. The molecule has 1 spiro atoms. The summed E-state index contributed by atoms with van der Waals surface area (Å²) in [6, 6.07) is 14.8. The molecule has 9 aliphatic rings. The van der Waals surface area contributed by atoms with Crippen LogP contribution in [0.25, 0.3) is 0 Å². The molecule has 0 aromatic heterocycles. The first-order chi connectivity index (χ1) is 24.3. The van der Waals surface area contributed by atoms with Crippen molar-refractivity contribution in [3.63, 3.8) is 0 Å². The zero-order valence-corrected chi connectivity index (χ0v) is 28.8. The second-order valence-corrected chi connectivity index (χ2v) is 16.7. The van der Waals surface area contributed by atoms with Crippen LogP contribution in [0, 0.1) is 29.6 Å². The lowest BCUT2D eigenvalue weighted by atomic mass is 9.57. The Balaban J connectivity index is 1.13. The van der Waals surface area contributed by atoms with Gasteiger partial charge in [0.1, 0.15) is 11.9 Å². The van der Waals surface area contributed by atoms with Gasteiger partial charge in [0.15, 0.2) is 0 Å². The molecule has 0 saturated heterocycles. The molecule has 9 atom stereocenters. The van der Waals surface area contributed by atoms with Crippen molar-refractivity contribution in [1.29, 1.82) is 0 Å². The summed E-state index contributed by atoms with van der Waals surface area (Å²) >= 11 is 0. The molecule has 11 rings (SSSR count). The minimum atomic E-state index is 0.150. The Kier molecular flexibility index (Phi) is 6.58. The third-order valence-electron chi connectivity index (χ3n) is 14.7. The van der Waals surface area contributed by atoms with Crippen molar-refractivity contribution in [3.8, 4) is 5.75 Å². The SMILES string of the molecule is C1=CCC2C(=C1)C1C=CC=CC1C21c2cc(N(C3=CCC4CCC=CC4=C3)c3cccc4c3C3CCCCC3O4)ccc2C2CCCCC21. The maximum Gasteiger partial charge on any atom is 0.125 e. The topological polar surface area (TPSA) is 12.5 Å². The molecule has 248 valence electrons. The monoisotopic (exact) mass is 643 g/mol. The highest BCUT2D eigenvalue weighted by Gasteiger charge is 2.65. The van der Waals surface area contributed by atoms with Crippen LogP contribution in [0.3, 0.4) is 0 Å². The number of anilines is 2. The molecule has 0 bridgehead atoms. The molecular weight excluding hydrogens is 595 g/mol. The molecule has 2 heteroatoms. The first-order valence-corrected chi connectivity index (χ1v) is 19.8. The molecule has 2 aromatic rings. The second kappa shape index (κ2) is 11.1. The molecule has 2 aromatic carbocycles. The highest BCUT2D eigenvalue weighted by Crippen LogP contribution is 2.71. The number of hydrogen-bond donors (Lipinski definition) is 0. The molecular formula is C47H49NO. The first kappa shape index (κ1) is 29.0. The fourth-order valence-corrected chi connectivity index (χ4v) is 12.9. The van der Waals surface area contributed by atoms with E-state index in [1.54, 1.807) is 16.7 Å². The standard InChI is InChI=1S/C47H49NO/c1-2-13-31-28-32(25-24-30(31)12-1)48(43-21-11-23-45-46(43)38-17-6-10-22-44(38)49-45)33-26-27-37-36-16-5-9-20-41(36)47(42(37)29-33)39-18-7-3-14-34(39)35-15-4-8-19-40(35)47/h2-4,7-8,11,13-15,18,21,23,25-30,34,36,38-41,44H,1,5-6,9-10,12,16-17,19-20,22,24H2. The number of hydrogen-bond acceptors (Lipinski definition) is 2. The average Bonchev–Trinajstić information content (AvgIpc) is 3.79. The summed E-state index contributed by atoms with van der Waals surface area (Å²) in [5.74, 6) is 5.30. The number of rotatable bonds is 3. The van der Waals surface area contributed by atoms with Gasteiger partial charge in [0, 0.05) is 34.2 Å². The Hall–Kier alpha value is -3.78. The van der Waals surface area contributed by atoms with Crippen molar-refractivity contribution in [2.45, 2.75) is 100 Å². The van der Waals surface area contributed by atoms with Crippen LogP contribution in [-0.2, 0) is 5.41 Å². The molecule has 0 N–H and O–H groups in total. The molecule has 9 unspecified atom stereocenters. The van der Waals surface area contributed by atoms with Crippen molar-refractivity contribution in [2.75, 3.05) is 4.90 Å². The zero-order chi connectivity index (χ0) is 32.1. The summed E-state index contributed by atoms with van der Waals surface area (Å²) in [6.07, 6.45) is 42.7. The van der Waals surface area contributed by atoms with E-state index in [1.165, 1.54) is 98.8 Å². The number of allylic oxidation sites excluding steroid dienone is 13. The maximum atomic E-state index is 6.74. The van der Waals surface area contributed by atoms with Crippen LogP contribution < -0.4 is 9.64 Å². The van der Waals surface area contributed by atoms with Crippen LogP contribution in [0.15, 0.2) is 120 Å². The van der Waals surface area contributed by atoms with E-state index in [0.717, 1.165) is 12.2 Å². The lowest BCUT2D eigenvalue weighted by molar-refractivity contribution is 0.132. The van der Waals surface area contributed by atoms with Crippen molar-refractivity contribution < 1.29 is 4.74 Å². The van der Waals surface area contributed by atoms with Crippen molar-refractivity contribution >= 4 is 11.4 Å². The van der Waals surface area contributed by atoms with Gasteiger partial charge in [-0.05, 0) is 134 Å². The van der Waals surface area contributed by atoms with E-state index in [-0.39, 0.29) is 5.41 Å². The normalized spacial score (nSPS) is 37.1. The minimum absolute atomic E-state index is 0.150. The Bertz CT molecular complexity index is 1930. The molecule has 49 heavy (non-hydrogen) atoms. The summed E-state index contributed by atoms with van der Waals surface area (Å²) in [5.41, 5.74) is 12.2. The minimum Gasteiger partial charge on any atom is -0.489 e. The number of ether oxygens (including phenoxy) is 1. The van der Waals surface area contributed by atoms with Crippen LogP contribution in [-0.4, -0.2) is 6.10 Å². The van der Waals surface area contributed by atoms with Gasteiger partial charge in [-0.3, -0.25) is 0 Å².